The molecule has 2 amide bonds. The van der Waals surface area contributed by atoms with E-state index < -0.39 is 11.8 Å². The predicted octanol–water partition coefficient (Wildman–Crippen LogP) is 2.32. The molecule has 138 valence electrons. The molecule has 0 bridgehead atoms. The zero-order chi connectivity index (χ0) is 18.8. The highest BCUT2D eigenvalue weighted by Crippen LogP contribution is 2.25. The second-order valence-corrected chi connectivity index (χ2v) is 5.31. The summed E-state index contributed by atoms with van der Waals surface area (Å²) in [4.78, 5) is 23.8. The van der Waals surface area contributed by atoms with E-state index in [9.17, 15) is 9.59 Å². The highest BCUT2D eigenvalue weighted by atomic mass is 16.5. The first-order valence-electron chi connectivity index (χ1n) is 8.22. The average Bonchev–Trinajstić information content (AvgIpc) is 2.69. The Balaban J connectivity index is 1.78. The molecule has 0 heterocycles. The van der Waals surface area contributed by atoms with Gasteiger partial charge in [0.15, 0.2) is 18.1 Å². The monoisotopic (exact) mass is 358 g/mol. The molecule has 7 nitrogen and oxygen atoms in total. The lowest BCUT2D eigenvalue weighted by atomic mass is 10.2. The number of benzene rings is 2. The van der Waals surface area contributed by atoms with Gasteiger partial charge in [0.25, 0.3) is 11.8 Å². The Labute approximate surface area is 152 Å². The van der Waals surface area contributed by atoms with Crippen LogP contribution in [0.3, 0.4) is 0 Å². The topological polar surface area (TPSA) is 85.9 Å². The lowest BCUT2D eigenvalue weighted by Crippen LogP contribution is -2.43. The smallest absolute Gasteiger partial charge is 0.276 e. The van der Waals surface area contributed by atoms with E-state index >= 15 is 0 Å². The number of hydrazine groups is 1. The van der Waals surface area contributed by atoms with Crippen LogP contribution in [0.5, 0.6) is 17.2 Å². The molecule has 2 rings (SSSR count). The summed E-state index contributed by atoms with van der Waals surface area (Å²) in [6.45, 7) is 2.38. The predicted molar refractivity (Wildman–Crippen MR) is 96.3 cm³/mol. The number of carbonyl (C=O) groups is 2. The SMILES string of the molecule is CCCOc1ccc(C(=O)NNC(=O)COc2ccccc2OC)cc1. The number of para-hydroxylation sites is 2. The Kier molecular flexibility index (Phi) is 7.30. The first-order valence-corrected chi connectivity index (χ1v) is 8.22. The lowest BCUT2D eigenvalue weighted by Gasteiger charge is -2.11. The van der Waals surface area contributed by atoms with Crippen LogP contribution >= 0.6 is 0 Å². The summed E-state index contributed by atoms with van der Waals surface area (Å²) < 4.78 is 16.0. The molecule has 2 aromatic rings. The van der Waals surface area contributed by atoms with E-state index in [1.807, 2.05) is 6.92 Å². The van der Waals surface area contributed by atoms with Gasteiger partial charge in [0, 0.05) is 5.56 Å². The van der Waals surface area contributed by atoms with E-state index in [0.29, 0.717) is 29.4 Å². The van der Waals surface area contributed by atoms with Crippen LogP contribution < -0.4 is 25.1 Å². The number of nitrogens with one attached hydrogen (secondary N) is 2. The third kappa shape index (κ3) is 5.70. The Morgan fingerprint density at radius 3 is 2.27 bits per heavy atom. The zero-order valence-corrected chi connectivity index (χ0v) is 14.8. The summed E-state index contributed by atoms with van der Waals surface area (Å²) in [6.07, 6.45) is 0.908. The minimum absolute atomic E-state index is 0.259. The standard InChI is InChI=1S/C19H22N2O5/c1-3-12-25-15-10-8-14(9-11-15)19(23)21-20-18(22)13-26-17-7-5-4-6-16(17)24-2/h4-11H,3,12-13H2,1-2H3,(H,20,22)(H,21,23). The summed E-state index contributed by atoms with van der Waals surface area (Å²) in [5, 5.41) is 0. The van der Waals surface area contributed by atoms with E-state index in [4.69, 9.17) is 14.2 Å². The fourth-order valence-corrected chi connectivity index (χ4v) is 2.04. The first kappa shape index (κ1) is 19.1. The molecule has 0 saturated carbocycles. The molecule has 2 aromatic carbocycles. The van der Waals surface area contributed by atoms with Gasteiger partial charge in [0.05, 0.1) is 13.7 Å². The Bertz CT molecular complexity index is 731. The maximum atomic E-state index is 12.0. The molecular formula is C19H22N2O5. The summed E-state index contributed by atoms with van der Waals surface area (Å²) in [7, 11) is 1.51. The summed E-state index contributed by atoms with van der Waals surface area (Å²) in [5.74, 6) is 0.733. The molecule has 0 saturated heterocycles. The van der Waals surface area contributed by atoms with E-state index in [-0.39, 0.29) is 6.61 Å². The second kappa shape index (κ2) is 9.93. The lowest BCUT2D eigenvalue weighted by molar-refractivity contribution is -0.123. The highest BCUT2D eigenvalue weighted by molar-refractivity contribution is 5.95. The van der Waals surface area contributed by atoms with Crippen LogP contribution in [0.25, 0.3) is 0 Å². The van der Waals surface area contributed by atoms with Crippen LogP contribution in [0.1, 0.15) is 23.7 Å². The minimum atomic E-state index is -0.493. The first-order chi connectivity index (χ1) is 12.6. The fourth-order valence-electron chi connectivity index (χ4n) is 2.04. The van der Waals surface area contributed by atoms with Crippen LogP contribution in [-0.2, 0) is 4.79 Å². The average molecular weight is 358 g/mol. The van der Waals surface area contributed by atoms with E-state index in [1.165, 1.54) is 7.11 Å². The maximum absolute atomic E-state index is 12.0. The van der Waals surface area contributed by atoms with Gasteiger partial charge in [-0.2, -0.15) is 0 Å². The number of hydrogen-bond acceptors (Lipinski definition) is 5. The van der Waals surface area contributed by atoms with E-state index in [0.717, 1.165) is 6.42 Å². The van der Waals surface area contributed by atoms with Crippen molar-refractivity contribution in [1.82, 2.24) is 10.9 Å². The van der Waals surface area contributed by atoms with E-state index in [1.54, 1.807) is 48.5 Å². The van der Waals surface area contributed by atoms with Gasteiger partial charge in [-0.25, -0.2) is 0 Å². The summed E-state index contributed by atoms with van der Waals surface area (Å²) in [6, 6.07) is 13.6. The van der Waals surface area contributed by atoms with Crippen molar-refractivity contribution in [3.8, 4) is 17.2 Å². The molecule has 0 unspecified atom stereocenters. The Hall–Kier alpha value is -3.22. The minimum Gasteiger partial charge on any atom is -0.494 e. The highest BCUT2D eigenvalue weighted by Gasteiger charge is 2.09. The number of ether oxygens (including phenoxy) is 3. The van der Waals surface area contributed by atoms with E-state index in [2.05, 4.69) is 10.9 Å². The largest absolute Gasteiger partial charge is 0.494 e. The molecule has 7 heteroatoms. The van der Waals surface area contributed by atoms with Gasteiger partial charge in [-0.1, -0.05) is 19.1 Å². The van der Waals surface area contributed by atoms with Crippen molar-refractivity contribution in [2.24, 2.45) is 0 Å². The normalized spacial score (nSPS) is 9.92. The summed E-state index contributed by atoms with van der Waals surface area (Å²) in [5.41, 5.74) is 5.04. The molecule has 0 aliphatic rings. The molecule has 2 N–H and O–H groups in total. The van der Waals surface area contributed by atoms with Crippen molar-refractivity contribution in [3.63, 3.8) is 0 Å². The van der Waals surface area contributed by atoms with Gasteiger partial charge in [0.1, 0.15) is 5.75 Å². The molecule has 0 aliphatic carbocycles. The maximum Gasteiger partial charge on any atom is 0.276 e. The van der Waals surface area contributed by atoms with Crippen LogP contribution in [0, 0.1) is 0 Å². The van der Waals surface area contributed by atoms with Gasteiger partial charge < -0.3 is 14.2 Å². The van der Waals surface area contributed by atoms with Crippen molar-refractivity contribution >= 4 is 11.8 Å². The van der Waals surface area contributed by atoms with Crippen LogP contribution in [-0.4, -0.2) is 32.1 Å². The Morgan fingerprint density at radius 2 is 1.62 bits per heavy atom. The molecular weight excluding hydrogens is 336 g/mol. The molecule has 0 atom stereocenters. The summed E-state index contributed by atoms with van der Waals surface area (Å²) >= 11 is 0. The van der Waals surface area contributed by atoms with Crippen molar-refractivity contribution in [3.05, 3.63) is 54.1 Å². The van der Waals surface area contributed by atoms with Crippen LogP contribution in [0.15, 0.2) is 48.5 Å². The fraction of sp³-hybridized carbons (Fsp3) is 0.263. The zero-order valence-electron chi connectivity index (χ0n) is 14.8. The molecule has 0 radical (unpaired) electrons. The molecule has 26 heavy (non-hydrogen) atoms. The third-order valence-corrected chi connectivity index (χ3v) is 3.33. The van der Waals surface area contributed by atoms with Crippen molar-refractivity contribution in [2.45, 2.75) is 13.3 Å². The molecule has 0 aromatic heterocycles. The van der Waals surface area contributed by atoms with Gasteiger partial charge >= 0.3 is 0 Å². The number of amides is 2. The molecule has 0 aliphatic heterocycles. The quantitative estimate of drug-likeness (QED) is 0.708. The van der Waals surface area contributed by atoms with Crippen LogP contribution in [0.4, 0.5) is 0 Å². The molecule has 0 fully saturated rings. The van der Waals surface area contributed by atoms with Gasteiger partial charge in [-0.3, -0.25) is 20.4 Å². The van der Waals surface area contributed by atoms with Gasteiger partial charge in [0.2, 0.25) is 0 Å². The van der Waals surface area contributed by atoms with Crippen molar-refractivity contribution in [2.75, 3.05) is 20.3 Å². The van der Waals surface area contributed by atoms with Crippen molar-refractivity contribution < 1.29 is 23.8 Å². The Morgan fingerprint density at radius 1 is 0.923 bits per heavy atom. The van der Waals surface area contributed by atoms with Crippen LogP contribution in [0.2, 0.25) is 0 Å². The number of carbonyl (C=O) groups excluding carboxylic acids is 2. The number of hydrogen-bond donors (Lipinski definition) is 2. The van der Waals surface area contributed by atoms with Crippen molar-refractivity contribution in [1.29, 1.82) is 0 Å². The molecule has 0 spiro atoms. The number of rotatable bonds is 8. The van der Waals surface area contributed by atoms with Gasteiger partial charge in [-0.15, -0.1) is 0 Å². The number of methoxy groups -OCH3 is 1. The van der Waals surface area contributed by atoms with Gasteiger partial charge in [-0.05, 0) is 42.8 Å². The second-order valence-electron chi connectivity index (χ2n) is 5.31. The third-order valence-electron chi connectivity index (χ3n) is 3.33.